The van der Waals surface area contributed by atoms with E-state index in [0.29, 0.717) is 13.1 Å². The lowest BCUT2D eigenvalue weighted by Gasteiger charge is -2.19. The van der Waals surface area contributed by atoms with Crippen molar-refractivity contribution in [2.24, 2.45) is 5.92 Å². The highest BCUT2D eigenvalue weighted by atomic mass is 19.1. The van der Waals surface area contributed by atoms with E-state index in [-0.39, 0.29) is 11.5 Å². The Balaban J connectivity index is 2.00. The number of hydrogen-bond donors (Lipinski definition) is 1. The van der Waals surface area contributed by atoms with Gasteiger partial charge >= 0.3 is 0 Å². The molecule has 0 unspecified atom stereocenters. The van der Waals surface area contributed by atoms with Crippen LogP contribution in [0.15, 0.2) is 18.2 Å². The Hall–Kier alpha value is -1.53. The van der Waals surface area contributed by atoms with E-state index in [1.807, 2.05) is 6.07 Å². The first kappa shape index (κ1) is 11.9. The van der Waals surface area contributed by atoms with Crippen LogP contribution in [0.4, 0.5) is 10.1 Å². The highest BCUT2D eigenvalue weighted by Gasteiger charge is 2.23. The summed E-state index contributed by atoms with van der Waals surface area (Å²) in [5.74, 6) is 3.08. The van der Waals surface area contributed by atoms with Crippen molar-refractivity contribution >= 4 is 5.69 Å². The van der Waals surface area contributed by atoms with Crippen LogP contribution in [-0.2, 0) is 6.54 Å². The predicted molar refractivity (Wildman–Crippen MR) is 67.6 cm³/mol. The normalized spacial score (nSPS) is 14.9. The van der Waals surface area contributed by atoms with Gasteiger partial charge in [-0.3, -0.25) is 4.90 Å². The SMILES string of the molecule is C#CCN(Cc1ccc(N)c(F)c1)CC1CC1. The zero-order valence-electron chi connectivity index (χ0n) is 9.82. The third-order valence-electron chi connectivity index (χ3n) is 3.00. The van der Waals surface area contributed by atoms with E-state index < -0.39 is 0 Å². The topological polar surface area (TPSA) is 29.3 Å². The van der Waals surface area contributed by atoms with E-state index in [9.17, 15) is 4.39 Å². The van der Waals surface area contributed by atoms with E-state index in [2.05, 4.69) is 10.8 Å². The summed E-state index contributed by atoms with van der Waals surface area (Å²) in [5, 5.41) is 0. The second kappa shape index (κ2) is 5.20. The maximum atomic E-state index is 13.3. The Morgan fingerprint density at radius 3 is 2.82 bits per heavy atom. The largest absolute Gasteiger partial charge is 0.396 e. The van der Waals surface area contributed by atoms with E-state index in [1.165, 1.54) is 18.9 Å². The van der Waals surface area contributed by atoms with Gasteiger partial charge in [0.1, 0.15) is 5.82 Å². The van der Waals surface area contributed by atoms with Gasteiger partial charge in [0, 0.05) is 13.1 Å². The molecule has 0 saturated heterocycles. The third kappa shape index (κ3) is 3.47. The van der Waals surface area contributed by atoms with Gasteiger partial charge in [-0.15, -0.1) is 6.42 Å². The molecule has 1 fully saturated rings. The molecule has 1 aliphatic rings. The molecule has 2 rings (SSSR count). The first-order chi connectivity index (χ1) is 8.19. The summed E-state index contributed by atoms with van der Waals surface area (Å²) in [4.78, 5) is 2.18. The number of hydrogen-bond acceptors (Lipinski definition) is 2. The molecule has 3 heteroatoms. The number of nitrogens with two attached hydrogens (primary N) is 1. The summed E-state index contributed by atoms with van der Waals surface area (Å²) in [6.45, 7) is 2.32. The Morgan fingerprint density at radius 2 is 2.24 bits per heavy atom. The van der Waals surface area contributed by atoms with Crippen molar-refractivity contribution in [2.45, 2.75) is 19.4 Å². The number of halogens is 1. The summed E-state index contributed by atoms with van der Waals surface area (Å²) >= 11 is 0. The van der Waals surface area contributed by atoms with Gasteiger partial charge in [-0.25, -0.2) is 4.39 Å². The summed E-state index contributed by atoms with van der Waals surface area (Å²) in [6, 6.07) is 4.95. The average molecular weight is 232 g/mol. The molecule has 0 amide bonds. The molecule has 0 bridgehead atoms. The second-order valence-electron chi connectivity index (χ2n) is 4.67. The van der Waals surface area contributed by atoms with Gasteiger partial charge < -0.3 is 5.73 Å². The van der Waals surface area contributed by atoms with Crippen LogP contribution in [0.5, 0.6) is 0 Å². The van der Waals surface area contributed by atoms with Crippen molar-refractivity contribution in [2.75, 3.05) is 18.8 Å². The van der Waals surface area contributed by atoms with Crippen molar-refractivity contribution in [3.63, 3.8) is 0 Å². The predicted octanol–water partition coefficient (Wildman–Crippen LogP) is 2.25. The lowest BCUT2D eigenvalue weighted by molar-refractivity contribution is 0.286. The number of benzene rings is 1. The molecule has 0 radical (unpaired) electrons. The number of rotatable bonds is 5. The van der Waals surface area contributed by atoms with Crippen molar-refractivity contribution in [1.29, 1.82) is 0 Å². The zero-order valence-corrected chi connectivity index (χ0v) is 9.82. The number of nitrogen functional groups attached to an aromatic ring is 1. The molecule has 0 aliphatic heterocycles. The maximum absolute atomic E-state index is 13.3. The number of nitrogens with zero attached hydrogens (tertiary/aromatic N) is 1. The van der Waals surface area contributed by atoms with Gasteiger partial charge in [0.2, 0.25) is 0 Å². The molecular weight excluding hydrogens is 215 g/mol. The van der Waals surface area contributed by atoms with Gasteiger partial charge in [0.15, 0.2) is 0 Å². The van der Waals surface area contributed by atoms with E-state index in [4.69, 9.17) is 12.2 Å². The molecule has 0 spiro atoms. The minimum atomic E-state index is -0.352. The highest BCUT2D eigenvalue weighted by Crippen LogP contribution is 2.30. The van der Waals surface area contributed by atoms with E-state index >= 15 is 0 Å². The van der Waals surface area contributed by atoms with Crippen molar-refractivity contribution in [3.8, 4) is 12.3 Å². The van der Waals surface area contributed by atoms with Crippen LogP contribution in [0.2, 0.25) is 0 Å². The van der Waals surface area contributed by atoms with Crippen LogP contribution >= 0.6 is 0 Å². The molecule has 0 atom stereocenters. The fraction of sp³-hybridized carbons (Fsp3) is 0.429. The number of terminal acetylenes is 1. The molecule has 1 aromatic rings. The summed E-state index contributed by atoms with van der Waals surface area (Å²) in [5.41, 5.74) is 6.57. The van der Waals surface area contributed by atoms with Crippen molar-refractivity contribution in [1.82, 2.24) is 4.90 Å². The first-order valence-electron chi connectivity index (χ1n) is 5.88. The molecule has 1 aromatic carbocycles. The fourth-order valence-electron chi connectivity index (χ4n) is 1.91. The summed E-state index contributed by atoms with van der Waals surface area (Å²) in [6.07, 6.45) is 7.93. The van der Waals surface area contributed by atoms with Gasteiger partial charge in [-0.1, -0.05) is 12.0 Å². The summed E-state index contributed by atoms with van der Waals surface area (Å²) < 4.78 is 13.3. The first-order valence-corrected chi connectivity index (χ1v) is 5.88. The van der Waals surface area contributed by atoms with Crippen LogP contribution in [-0.4, -0.2) is 18.0 Å². The molecule has 1 saturated carbocycles. The lowest BCUT2D eigenvalue weighted by atomic mass is 10.2. The Labute approximate surface area is 102 Å². The molecule has 90 valence electrons. The Bertz CT molecular complexity index is 432. The van der Waals surface area contributed by atoms with Gasteiger partial charge in [0.25, 0.3) is 0 Å². The quantitative estimate of drug-likeness (QED) is 0.623. The molecule has 0 heterocycles. The van der Waals surface area contributed by atoms with E-state index in [1.54, 1.807) is 6.07 Å². The van der Waals surface area contributed by atoms with Crippen LogP contribution < -0.4 is 5.73 Å². The van der Waals surface area contributed by atoms with Gasteiger partial charge in [-0.2, -0.15) is 0 Å². The fourth-order valence-corrected chi connectivity index (χ4v) is 1.91. The van der Waals surface area contributed by atoms with Gasteiger partial charge in [-0.05, 0) is 36.5 Å². The van der Waals surface area contributed by atoms with Crippen LogP contribution in [0.3, 0.4) is 0 Å². The highest BCUT2D eigenvalue weighted by molar-refractivity contribution is 5.41. The molecule has 17 heavy (non-hydrogen) atoms. The van der Waals surface area contributed by atoms with Crippen molar-refractivity contribution < 1.29 is 4.39 Å². The van der Waals surface area contributed by atoms with Crippen LogP contribution in [0.1, 0.15) is 18.4 Å². The second-order valence-corrected chi connectivity index (χ2v) is 4.67. The summed E-state index contributed by atoms with van der Waals surface area (Å²) in [7, 11) is 0. The molecule has 0 aromatic heterocycles. The third-order valence-corrected chi connectivity index (χ3v) is 3.00. The maximum Gasteiger partial charge on any atom is 0.146 e. The molecule has 1 aliphatic carbocycles. The average Bonchev–Trinajstić information content (AvgIpc) is 3.08. The molecular formula is C14H17FN2. The van der Waals surface area contributed by atoms with Crippen LogP contribution in [0, 0.1) is 24.1 Å². The zero-order chi connectivity index (χ0) is 12.3. The standard InChI is InChI=1S/C14H17FN2/c1-2-7-17(9-11-3-4-11)10-12-5-6-14(16)13(15)8-12/h1,5-6,8,11H,3-4,7,9-10,16H2. The smallest absolute Gasteiger partial charge is 0.146 e. The molecule has 2 nitrogen and oxygen atoms in total. The lowest BCUT2D eigenvalue weighted by Crippen LogP contribution is -2.26. The number of anilines is 1. The van der Waals surface area contributed by atoms with Gasteiger partial charge in [0.05, 0.1) is 12.2 Å². The monoisotopic (exact) mass is 232 g/mol. The Morgan fingerprint density at radius 1 is 1.47 bits per heavy atom. The molecule has 2 N–H and O–H groups in total. The van der Waals surface area contributed by atoms with Crippen molar-refractivity contribution in [3.05, 3.63) is 29.6 Å². The minimum Gasteiger partial charge on any atom is -0.396 e. The van der Waals surface area contributed by atoms with E-state index in [0.717, 1.165) is 18.0 Å². The minimum absolute atomic E-state index is 0.194. The Kier molecular flexibility index (Phi) is 3.65. The van der Waals surface area contributed by atoms with Crippen LogP contribution in [0.25, 0.3) is 0 Å².